The van der Waals surface area contributed by atoms with Gasteiger partial charge in [-0.3, -0.25) is 14.4 Å². The largest absolute Gasteiger partial charge is 0.462 e. The average Bonchev–Trinajstić information content (AvgIpc) is 2.93. The van der Waals surface area contributed by atoms with E-state index in [1.807, 2.05) is 12.2 Å². The van der Waals surface area contributed by atoms with Gasteiger partial charge < -0.3 is 14.6 Å². The number of ketones is 1. The van der Waals surface area contributed by atoms with Gasteiger partial charge in [-0.15, -0.1) is 0 Å². The topological polar surface area (TPSA) is 89.9 Å². The van der Waals surface area contributed by atoms with Crippen LogP contribution in [0.3, 0.4) is 0 Å². The molecule has 0 aliphatic rings. The third kappa shape index (κ3) is 27.6. The molecule has 0 unspecified atom stereocenters. The lowest BCUT2D eigenvalue weighted by atomic mass is 10.0. The lowest BCUT2D eigenvalue weighted by molar-refractivity contribution is -0.161. The SMILES string of the molecule is CCCCC/C=C\C=C\C(=O)CCCCCCCC(=O)O[C@@H](CO)COC(=O)CCCCCCCCCC(C)C. The van der Waals surface area contributed by atoms with Crippen molar-refractivity contribution < 1.29 is 29.0 Å². The first-order chi connectivity index (χ1) is 19.4. The van der Waals surface area contributed by atoms with E-state index in [1.54, 1.807) is 6.08 Å². The lowest BCUT2D eigenvalue weighted by Crippen LogP contribution is -2.28. The van der Waals surface area contributed by atoms with Crippen molar-refractivity contribution in [1.29, 1.82) is 0 Å². The Balaban J connectivity index is 3.72. The molecule has 232 valence electrons. The Morgan fingerprint density at radius 3 is 1.88 bits per heavy atom. The second-order valence-electron chi connectivity index (χ2n) is 11.4. The first-order valence-electron chi connectivity index (χ1n) is 16.2. The van der Waals surface area contributed by atoms with Gasteiger partial charge in [-0.1, -0.05) is 116 Å². The minimum Gasteiger partial charge on any atom is -0.462 e. The second-order valence-corrected chi connectivity index (χ2v) is 11.4. The smallest absolute Gasteiger partial charge is 0.306 e. The second kappa shape index (κ2) is 28.6. The summed E-state index contributed by atoms with van der Waals surface area (Å²) in [7, 11) is 0. The van der Waals surface area contributed by atoms with Crippen LogP contribution in [0.15, 0.2) is 24.3 Å². The van der Waals surface area contributed by atoms with Gasteiger partial charge in [-0.05, 0) is 44.1 Å². The molecule has 0 fully saturated rings. The van der Waals surface area contributed by atoms with Crippen molar-refractivity contribution in [2.24, 2.45) is 5.92 Å². The molecule has 6 heteroatoms. The average molecular weight is 565 g/mol. The number of hydrogen-bond acceptors (Lipinski definition) is 6. The van der Waals surface area contributed by atoms with Crippen LogP contribution in [0.5, 0.6) is 0 Å². The minimum absolute atomic E-state index is 0.103. The van der Waals surface area contributed by atoms with Crippen molar-refractivity contribution in [3.05, 3.63) is 24.3 Å². The maximum absolute atomic E-state index is 12.1. The van der Waals surface area contributed by atoms with E-state index in [4.69, 9.17) is 9.47 Å². The molecule has 6 nitrogen and oxygen atoms in total. The van der Waals surface area contributed by atoms with E-state index in [2.05, 4.69) is 26.8 Å². The molecule has 40 heavy (non-hydrogen) atoms. The van der Waals surface area contributed by atoms with Gasteiger partial charge in [0, 0.05) is 19.3 Å². The number of aliphatic hydroxyl groups excluding tert-OH is 1. The highest BCUT2D eigenvalue weighted by molar-refractivity contribution is 5.89. The highest BCUT2D eigenvalue weighted by atomic mass is 16.6. The first-order valence-corrected chi connectivity index (χ1v) is 16.2. The Kier molecular flexibility index (Phi) is 27.2. The molecule has 1 atom stereocenters. The number of carbonyl (C=O) groups excluding carboxylic acids is 3. The van der Waals surface area contributed by atoms with Gasteiger partial charge in [0.2, 0.25) is 0 Å². The maximum atomic E-state index is 12.1. The highest BCUT2D eigenvalue weighted by Crippen LogP contribution is 2.13. The molecule has 0 spiro atoms. The van der Waals surface area contributed by atoms with E-state index in [1.165, 1.54) is 51.4 Å². The summed E-state index contributed by atoms with van der Waals surface area (Å²) in [6.07, 6.45) is 26.3. The predicted octanol–water partition coefficient (Wildman–Crippen LogP) is 8.59. The molecule has 0 radical (unpaired) electrons. The number of rotatable bonds is 28. The predicted molar refractivity (Wildman–Crippen MR) is 164 cm³/mol. The molecule has 0 bridgehead atoms. The minimum atomic E-state index is -0.812. The number of esters is 2. The summed E-state index contributed by atoms with van der Waals surface area (Å²) < 4.78 is 10.5. The fraction of sp³-hybridized carbons (Fsp3) is 0.794. The molecule has 0 aromatic carbocycles. The molecule has 0 aliphatic heterocycles. The summed E-state index contributed by atoms with van der Waals surface area (Å²) in [6.45, 7) is 6.24. The Labute approximate surface area is 245 Å². The van der Waals surface area contributed by atoms with Gasteiger partial charge in [0.1, 0.15) is 6.61 Å². The number of unbranched alkanes of at least 4 members (excludes halogenated alkanes) is 13. The Hall–Kier alpha value is -1.95. The summed E-state index contributed by atoms with van der Waals surface area (Å²) in [5.74, 6) is 0.247. The van der Waals surface area contributed by atoms with Crippen LogP contribution in [-0.4, -0.2) is 42.1 Å². The van der Waals surface area contributed by atoms with Crippen molar-refractivity contribution >= 4 is 17.7 Å². The van der Waals surface area contributed by atoms with Crippen LogP contribution >= 0.6 is 0 Å². The van der Waals surface area contributed by atoms with E-state index in [0.717, 1.165) is 57.3 Å². The van der Waals surface area contributed by atoms with Crippen molar-refractivity contribution in [2.45, 2.75) is 155 Å². The summed E-state index contributed by atoms with van der Waals surface area (Å²) >= 11 is 0. The van der Waals surface area contributed by atoms with E-state index in [9.17, 15) is 19.5 Å². The first kappa shape index (κ1) is 38.0. The third-order valence-electron chi connectivity index (χ3n) is 6.90. The van der Waals surface area contributed by atoms with Crippen LogP contribution in [0.2, 0.25) is 0 Å². The molecule has 0 amide bonds. The quantitative estimate of drug-likeness (QED) is 0.0443. The van der Waals surface area contributed by atoms with Crippen LogP contribution in [-0.2, 0) is 23.9 Å². The molecular formula is C34H60O6. The normalized spacial score (nSPS) is 12.4. The van der Waals surface area contributed by atoms with Gasteiger partial charge in [-0.2, -0.15) is 0 Å². The van der Waals surface area contributed by atoms with E-state index in [0.29, 0.717) is 19.3 Å². The van der Waals surface area contributed by atoms with Crippen LogP contribution < -0.4 is 0 Å². The monoisotopic (exact) mass is 564 g/mol. The van der Waals surface area contributed by atoms with Crippen molar-refractivity contribution in [3.63, 3.8) is 0 Å². The van der Waals surface area contributed by atoms with Crippen LogP contribution in [0.4, 0.5) is 0 Å². The van der Waals surface area contributed by atoms with Gasteiger partial charge in [-0.25, -0.2) is 0 Å². The van der Waals surface area contributed by atoms with E-state index in [-0.39, 0.29) is 37.4 Å². The van der Waals surface area contributed by atoms with Gasteiger partial charge >= 0.3 is 11.9 Å². The lowest BCUT2D eigenvalue weighted by Gasteiger charge is -2.15. The number of ether oxygens (including phenoxy) is 2. The van der Waals surface area contributed by atoms with Crippen LogP contribution in [0.1, 0.15) is 149 Å². The molecule has 0 saturated carbocycles. The van der Waals surface area contributed by atoms with Gasteiger partial charge in [0.25, 0.3) is 0 Å². The molecule has 0 rings (SSSR count). The zero-order valence-corrected chi connectivity index (χ0v) is 26.0. The van der Waals surface area contributed by atoms with Crippen molar-refractivity contribution in [3.8, 4) is 0 Å². The van der Waals surface area contributed by atoms with Crippen LogP contribution in [0, 0.1) is 5.92 Å². The third-order valence-corrected chi connectivity index (χ3v) is 6.90. The van der Waals surface area contributed by atoms with E-state index >= 15 is 0 Å². The molecular weight excluding hydrogens is 504 g/mol. The fourth-order valence-corrected chi connectivity index (χ4v) is 4.36. The fourth-order valence-electron chi connectivity index (χ4n) is 4.36. The Morgan fingerprint density at radius 1 is 0.700 bits per heavy atom. The highest BCUT2D eigenvalue weighted by Gasteiger charge is 2.16. The summed E-state index contributed by atoms with van der Waals surface area (Å²) in [6, 6.07) is 0. The molecule has 0 saturated heterocycles. The molecule has 1 N–H and O–H groups in total. The molecule has 0 aromatic heterocycles. The summed E-state index contributed by atoms with van der Waals surface area (Å²) in [5, 5.41) is 9.47. The molecule has 0 aromatic rings. The van der Waals surface area contributed by atoms with Gasteiger partial charge in [0.05, 0.1) is 6.61 Å². The van der Waals surface area contributed by atoms with Crippen molar-refractivity contribution in [1.82, 2.24) is 0 Å². The molecule has 0 aliphatic carbocycles. The summed E-state index contributed by atoms with van der Waals surface area (Å²) in [5.41, 5.74) is 0. The zero-order chi connectivity index (χ0) is 29.7. The summed E-state index contributed by atoms with van der Waals surface area (Å²) in [4.78, 5) is 35.9. The number of aliphatic hydroxyl groups is 1. The number of carbonyl (C=O) groups is 3. The standard InChI is InChI=1S/C34H60O6/c1-4-5-6-7-9-14-19-24-31(36)25-20-15-12-17-22-27-34(38)40-32(28-35)29-39-33(37)26-21-16-11-8-10-13-18-23-30(2)3/h9,14,19,24,30,32,35H,4-8,10-13,15-18,20-23,25-29H2,1-3H3/b14-9-,24-19+/t32-/m0/s1. The number of hydrogen-bond donors (Lipinski definition) is 1. The Morgan fingerprint density at radius 2 is 1.27 bits per heavy atom. The van der Waals surface area contributed by atoms with Crippen LogP contribution in [0.25, 0.3) is 0 Å². The van der Waals surface area contributed by atoms with Gasteiger partial charge in [0.15, 0.2) is 11.9 Å². The van der Waals surface area contributed by atoms with Crippen molar-refractivity contribution in [2.75, 3.05) is 13.2 Å². The van der Waals surface area contributed by atoms with E-state index < -0.39 is 6.10 Å². The number of allylic oxidation sites excluding steroid dienone is 4. The Bertz CT molecular complexity index is 682. The maximum Gasteiger partial charge on any atom is 0.306 e. The molecule has 0 heterocycles. The zero-order valence-electron chi connectivity index (χ0n) is 26.0.